The third kappa shape index (κ3) is 4.86. The molecule has 33 heavy (non-hydrogen) atoms. The van der Waals surface area contributed by atoms with Gasteiger partial charge in [0.05, 0.1) is 34.6 Å². The van der Waals surface area contributed by atoms with Crippen LogP contribution in [0.3, 0.4) is 0 Å². The molecule has 0 amide bonds. The van der Waals surface area contributed by atoms with E-state index in [4.69, 9.17) is 9.47 Å². The molecule has 3 aromatic rings. The molecule has 4 rings (SSSR count). The Morgan fingerprint density at radius 2 is 2.00 bits per heavy atom. The van der Waals surface area contributed by atoms with Crippen LogP contribution in [0.5, 0.6) is 5.75 Å². The maximum Gasteiger partial charge on any atom is 0.338 e. The molecule has 0 saturated heterocycles. The zero-order valence-electron chi connectivity index (χ0n) is 19.0. The second-order valence-corrected chi connectivity index (χ2v) is 9.96. The van der Waals surface area contributed by atoms with Gasteiger partial charge in [0, 0.05) is 4.88 Å². The van der Waals surface area contributed by atoms with Gasteiger partial charge in [-0.3, -0.25) is 9.36 Å². The molecule has 1 aromatic carbocycles. The van der Waals surface area contributed by atoms with Crippen LogP contribution >= 0.6 is 22.7 Å². The molecule has 0 radical (unpaired) electrons. The van der Waals surface area contributed by atoms with E-state index in [2.05, 4.69) is 11.9 Å². The molecule has 0 spiro atoms. The van der Waals surface area contributed by atoms with Crippen molar-refractivity contribution in [3.63, 3.8) is 0 Å². The predicted octanol–water partition coefficient (Wildman–Crippen LogP) is 4.04. The van der Waals surface area contributed by atoms with Crippen LogP contribution in [0.4, 0.5) is 0 Å². The van der Waals surface area contributed by atoms with Crippen LogP contribution in [-0.4, -0.2) is 23.2 Å². The number of benzene rings is 1. The third-order valence-electron chi connectivity index (χ3n) is 5.07. The van der Waals surface area contributed by atoms with Crippen molar-refractivity contribution in [3.8, 4) is 5.75 Å². The van der Waals surface area contributed by atoms with Gasteiger partial charge in [0.15, 0.2) is 4.80 Å². The normalized spacial score (nSPS) is 16.0. The van der Waals surface area contributed by atoms with Gasteiger partial charge in [-0.25, -0.2) is 9.79 Å². The maximum atomic E-state index is 13.5. The van der Waals surface area contributed by atoms with Gasteiger partial charge in [0.25, 0.3) is 5.56 Å². The molecular formula is C25H26N2O4S2. The molecule has 172 valence electrons. The van der Waals surface area contributed by atoms with Crippen molar-refractivity contribution in [1.82, 2.24) is 4.57 Å². The Morgan fingerprint density at radius 3 is 2.64 bits per heavy atom. The summed E-state index contributed by atoms with van der Waals surface area (Å²) in [5.41, 5.74) is 1.56. The standard InChI is InChI=1S/C25H26N2O4S2/c1-5-12-30-18-10-8-17(9-11-18)22-21(24(29)31-15(2)3)16(4)26-25-27(22)23(28)20(33-25)14-19-7-6-13-32-19/h6-11,13-15,22H,5,12H2,1-4H3/b20-14-. The number of hydrogen-bond acceptors (Lipinski definition) is 7. The average molecular weight is 483 g/mol. The number of allylic oxidation sites excluding steroid dienone is 1. The van der Waals surface area contributed by atoms with Crippen LogP contribution in [-0.2, 0) is 9.53 Å². The van der Waals surface area contributed by atoms with Crippen molar-refractivity contribution in [1.29, 1.82) is 0 Å². The minimum Gasteiger partial charge on any atom is -0.494 e. The summed E-state index contributed by atoms with van der Waals surface area (Å²) in [7, 11) is 0. The molecule has 3 heterocycles. The van der Waals surface area contributed by atoms with Gasteiger partial charge in [0.1, 0.15) is 5.75 Å². The van der Waals surface area contributed by atoms with E-state index in [-0.39, 0.29) is 11.7 Å². The highest BCUT2D eigenvalue weighted by molar-refractivity contribution is 7.11. The number of rotatable bonds is 7. The number of thiophene rings is 1. The first-order chi connectivity index (χ1) is 15.9. The lowest BCUT2D eigenvalue weighted by Crippen LogP contribution is -2.40. The minimum absolute atomic E-state index is 0.175. The molecule has 1 aliphatic rings. The van der Waals surface area contributed by atoms with Crippen molar-refractivity contribution in [2.45, 2.75) is 46.3 Å². The third-order valence-corrected chi connectivity index (χ3v) is 6.87. The molecule has 6 nitrogen and oxygen atoms in total. The number of hydrogen-bond donors (Lipinski definition) is 0. The number of aromatic nitrogens is 1. The molecule has 0 fully saturated rings. The number of ether oxygens (including phenoxy) is 2. The van der Waals surface area contributed by atoms with Gasteiger partial charge in [0.2, 0.25) is 0 Å². The molecule has 8 heteroatoms. The van der Waals surface area contributed by atoms with Crippen molar-refractivity contribution in [2.24, 2.45) is 4.99 Å². The zero-order valence-corrected chi connectivity index (χ0v) is 20.7. The molecule has 0 aliphatic carbocycles. The van der Waals surface area contributed by atoms with Gasteiger partial charge < -0.3 is 9.47 Å². The Hall–Kier alpha value is -2.97. The first-order valence-electron chi connectivity index (χ1n) is 10.9. The predicted molar refractivity (Wildman–Crippen MR) is 132 cm³/mol. The topological polar surface area (TPSA) is 69.9 Å². The Labute approximate surface area is 200 Å². The molecule has 1 unspecified atom stereocenters. The molecular weight excluding hydrogens is 456 g/mol. The fraction of sp³-hybridized carbons (Fsp3) is 0.320. The van der Waals surface area contributed by atoms with Crippen LogP contribution in [0.2, 0.25) is 0 Å². The number of carbonyl (C=O) groups excluding carboxylic acids is 1. The quantitative estimate of drug-likeness (QED) is 0.477. The number of fused-ring (bicyclic) bond motifs is 1. The van der Waals surface area contributed by atoms with E-state index < -0.39 is 12.0 Å². The SMILES string of the molecule is CCCOc1ccc(C2C(C(=O)OC(C)C)=C(C)N=c3s/c(=C\c4cccs4)c(=O)n32)cc1. The summed E-state index contributed by atoms with van der Waals surface area (Å²) < 4.78 is 13.4. The van der Waals surface area contributed by atoms with Crippen LogP contribution in [0, 0.1) is 0 Å². The van der Waals surface area contributed by atoms with Crippen molar-refractivity contribution >= 4 is 34.7 Å². The number of nitrogens with zero attached hydrogens (tertiary/aromatic N) is 2. The van der Waals surface area contributed by atoms with Crippen LogP contribution in [0.1, 0.15) is 50.6 Å². The van der Waals surface area contributed by atoms with Gasteiger partial charge in [-0.15, -0.1) is 11.3 Å². The highest BCUT2D eigenvalue weighted by Crippen LogP contribution is 2.32. The Balaban J connectivity index is 1.87. The van der Waals surface area contributed by atoms with Crippen molar-refractivity contribution in [2.75, 3.05) is 6.61 Å². The van der Waals surface area contributed by atoms with Gasteiger partial charge in [-0.2, -0.15) is 0 Å². The second kappa shape index (κ2) is 9.89. The maximum absolute atomic E-state index is 13.5. The molecule has 0 bridgehead atoms. The van der Waals surface area contributed by atoms with E-state index >= 15 is 0 Å². The van der Waals surface area contributed by atoms with Crippen LogP contribution < -0.4 is 19.6 Å². The second-order valence-electron chi connectivity index (χ2n) is 7.97. The van der Waals surface area contributed by atoms with E-state index in [0.29, 0.717) is 27.2 Å². The molecule has 2 aromatic heterocycles. The Morgan fingerprint density at radius 1 is 1.24 bits per heavy atom. The van der Waals surface area contributed by atoms with Crippen molar-refractivity contribution < 1.29 is 14.3 Å². The monoisotopic (exact) mass is 482 g/mol. The average Bonchev–Trinajstić information content (AvgIpc) is 3.39. The molecule has 1 aliphatic heterocycles. The van der Waals surface area contributed by atoms with E-state index in [1.54, 1.807) is 36.7 Å². The summed E-state index contributed by atoms with van der Waals surface area (Å²) >= 11 is 2.89. The van der Waals surface area contributed by atoms with Gasteiger partial charge in [-0.05, 0) is 62.4 Å². The summed E-state index contributed by atoms with van der Waals surface area (Å²) in [5.74, 6) is 0.285. The van der Waals surface area contributed by atoms with Crippen molar-refractivity contribution in [3.05, 3.63) is 83.2 Å². The van der Waals surface area contributed by atoms with Crippen LogP contribution in [0.25, 0.3) is 6.08 Å². The minimum atomic E-state index is -0.627. The highest BCUT2D eigenvalue weighted by atomic mass is 32.1. The first-order valence-corrected chi connectivity index (χ1v) is 12.6. The van der Waals surface area contributed by atoms with Gasteiger partial charge >= 0.3 is 5.97 Å². The number of thiazole rings is 1. The molecule has 0 saturated carbocycles. The molecule has 0 N–H and O–H groups in total. The fourth-order valence-corrected chi connectivity index (χ4v) is 5.41. The van der Waals surface area contributed by atoms with E-state index in [1.807, 2.05) is 47.9 Å². The summed E-state index contributed by atoms with van der Waals surface area (Å²) in [6.07, 6.45) is 2.50. The summed E-state index contributed by atoms with van der Waals surface area (Å²) in [5, 5.41) is 1.97. The van der Waals surface area contributed by atoms with E-state index in [1.165, 1.54) is 11.3 Å². The van der Waals surface area contributed by atoms with Gasteiger partial charge in [-0.1, -0.05) is 36.5 Å². The smallest absolute Gasteiger partial charge is 0.338 e. The lowest BCUT2D eigenvalue weighted by atomic mass is 9.96. The fourth-order valence-electron chi connectivity index (χ4n) is 3.64. The number of esters is 1. The first kappa shape index (κ1) is 23.2. The summed E-state index contributed by atoms with van der Waals surface area (Å²) in [6, 6.07) is 10.8. The Kier molecular flexibility index (Phi) is 6.95. The zero-order chi connectivity index (χ0) is 23.5. The Bertz CT molecular complexity index is 1350. The largest absolute Gasteiger partial charge is 0.494 e. The van der Waals surface area contributed by atoms with Crippen LogP contribution in [0.15, 0.2) is 62.8 Å². The summed E-state index contributed by atoms with van der Waals surface area (Å²) in [4.78, 5) is 32.8. The van der Waals surface area contributed by atoms with E-state index in [0.717, 1.165) is 22.6 Å². The highest BCUT2D eigenvalue weighted by Gasteiger charge is 2.33. The van der Waals surface area contributed by atoms with E-state index in [9.17, 15) is 9.59 Å². The molecule has 1 atom stereocenters. The lowest BCUT2D eigenvalue weighted by Gasteiger charge is -2.25. The summed E-state index contributed by atoms with van der Waals surface area (Å²) in [6.45, 7) is 8.08. The number of carbonyl (C=O) groups is 1. The lowest BCUT2D eigenvalue weighted by molar-refractivity contribution is -0.143.